The van der Waals surface area contributed by atoms with Crippen molar-refractivity contribution in [2.75, 3.05) is 25.6 Å². The van der Waals surface area contributed by atoms with E-state index in [9.17, 15) is 0 Å². The zero-order chi connectivity index (χ0) is 13.1. The third kappa shape index (κ3) is 3.53. The van der Waals surface area contributed by atoms with E-state index in [1.165, 1.54) is 12.8 Å². The lowest BCUT2D eigenvalue weighted by Gasteiger charge is -2.23. The van der Waals surface area contributed by atoms with Gasteiger partial charge in [0.2, 0.25) is 0 Å². The predicted molar refractivity (Wildman–Crippen MR) is 73.5 cm³/mol. The molecule has 0 amide bonds. The molecule has 0 bridgehead atoms. The van der Waals surface area contributed by atoms with E-state index in [-0.39, 0.29) is 6.10 Å². The second-order valence-electron chi connectivity index (χ2n) is 5.38. The lowest BCUT2D eigenvalue weighted by molar-refractivity contribution is 0.0255. The Hall–Kier alpha value is -1.42. The van der Waals surface area contributed by atoms with E-state index in [0.717, 1.165) is 50.1 Å². The maximum absolute atomic E-state index is 5.96. The summed E-state index contributed by atoms with van der Waals surface area (Å²) in [6.07, 6.45) is 4.69. The molecule has 4 nitrogen and oxygen atoms in total. The lowest BCUT2D eigenvalue weighted by Crippen LogP contribution is -2.25. The molecule has 2 N–H and O–H groups in total. The van der Waals surface area contributed by atoms with Crippen LogP contribution in [0.3, 0.4) is 0 Å². The van der Waals surface area contributed by atoms with Gasteiger partial charge in [-0.3, -0.25) is 0 Å². The van der Waals surface area contributed by atoms with E-state index < -0.39 is 0 Å². The maximum atomic E-state index is 5.96. The average Bonchev–Trinajstić information content (AvgIpc) is 3.25. The highest BCUT2D eigenvalue weighted by molar-refractivity contribution is 5.55. The van der Waals surface area contributed by atoms with Crippen LogP contribution in [0, 0.1) is 5.92 Å². The average molecular weight is 263 g/mol. The van der Waals surface area contributed by atoms with Crippen molar-refractivity contribution in [1.82, 2.24) is 0 Å². The molecule has 0 aromatic heterocycles. The van der Waals surface area contributed by atoms with Crippen LogP contribution in [0.25, 0.3) is 0 Å². The molecule has 0 atom stereocenters. The molecule has 1 saturated heterocycles. The summed E-state index contributed by atoms with van der Waals surface area (Å²) in [5, 5.41) is 0. The van der Waals surface area contributed by atoms with Crippen LogP contribution in [0.15, 0.2) is 18.2 Å². The van der Waals surface area contributed by atoms with Crippen LogP contribution in [0.4, 0.5) is 5.69 Å². The first kappa shape index (κ1) is 12.6. The fourth-order valence-corrected chi connectivity index (χ4v) is 2.19. The number of hydrogen-bond donors (Lipinski definition) is 1. The Morgan fingerprint density at radius 1 is 1.16 bits per heavy atom. The van der Waals surface area contributed by atoms with Gasteiger partial charge in [0.25, 0.3) is 0 Å². The van der Waals surface area contributed by atoms with E-state index in [2.05, 4.69) is 0 Å². The van der Waals surface area contributed by atoms with E-state index in [0.29, 0.717) is 5.69 Å². The number of nitrogens with two attached hydrogens (primary N) is 1. The lowest BCUT2D eigenvalue weighted by atomic mass is 10.1. The highest BCUT2D eigenvalue weighted by Gasteiger charge is 2.22. The van der Waals surface area contributed by atoms with Gasteiger partial charge in [-0.05, 0) is 30.9 Å². The topological polar surface area (TPSA) is 53.7 Å². The van der Waals surface area contributed by atoms with Crippen molar-refractivity contribution in [2.24, 2.45) is 5.92 Å². The third-order valence-corrected chi connectivity index (χ3v) is 3.63. The molecule has 0 radical (unpaired) electrons. The van der Waals surface area contributed by atoms with Crippen LogP contribution in [-0.4, -0.2) is 25.9 Å². The number of ether oxygens (including phenoxy) is 3. The van der Waals surface area contributed by atoms with Crippen LogP contribution in [0.5, 0.6) is 11.5 Å². The molecule has 1 saturated carbocycles. The van der Waals surface area contributed by atoms with Crippen LogP contribution in [0.2, 0.25) is 0 Å². The van der Waals surface area contributed by atoms with Gasteiger partial charge in [-0.15, -0.1) is 0 Å². The molecule has 1 aromatic rings. The van der Waals surface area contributed by atoms with Gasteiger partial charge in [0, 0.05) is 18.9 Å². The molecule has 0 unspecified atom stereocenters. The fourth-order valence-electron chi connectivity index (χ4n) is 2.19. The van der Waals surface area contributed by atoms with Gasteiger partial charge in [-0.1, -0.05) is 0 Å². The molecule has 19 heavy (non-hydrogen) atoms. The quantitative estimate of drug-likeness (QED) is 0.830. The van der Waals surface area contributed by atoms with Crippen LogP contribution in [0.1, 0.15) is 25.7 Å². The highest BCUT2D eigenvalue weighted by Crippen LogP contribution is 2.33. The van der Waals surface area contributed by atoms with E-state index >= 15 is 0 Å². The summed E-state index contributed by atoms with van der Waals surface area (Å²) in [6.45, 7) is 2.33. The zero-order valence-corrected chi connectivity index (χ0v) is 11.1. The number of benzene rings is 1. The SMILES string of the molecule is Nc1ccc(OC2CCOCC2)cc1OCC1CC1. The first-order valence-electron chi connectivity index (χ1n) is 7.08. The molecule has 1 heterocycles. The Kier molecular flexibility index (Phi) is 3.78. The van der Waals surface area contributed by atoms with Gasteiger partial charge in [0.05, 0.1) is 25.5 Å². The molecule has 1 aliphatic heterocycles. The minimum Gasteiger partial charge on any atom is -0.491 e. The molecule has 1 aliphatic carbocycles. The van der Waals surface area contributed by atoms with Crippen LogP contribution >= 0.6 is 0 Å². The molecule has 1 aromatic carbocycles. The van der Waals surface area contributed by atoms with Crippen molar-refractivity contribution in [3.8, 4) is 11.5 Å². The normalized spacial score (nSPS) is 20.2. The molecule has 104 valence electrons. The van der Waals surface area contributed by atoms with Crippen LogP contribution < -0.4 is 15.2 Å². The summed E-state index contributed by atoms with van der Waals surface area (Å²) in [5.41, 5.74) is 6.61. The molecular formula is C15H21NO3. The molecular weight excluding hydrogens is 242 g/mol. The first-order valence-corrected chi connectivity index (χ1v) is 7.08. The minimum atomic E-state index is 0.244. The second kappa shape index (κ2) is 5.70. The third-order valence-electron chi connectivity index (χ3n) is 3.63. The van der Waals surface area contributed by atoms with Crippen LogP contribution in [-0.2, 0) is 4.74 Å². The Morgan fingerprint density at radius 3 is 2.68 bits per heavy atom. The molecule has 2 aliphatic rings. The first-order chi connectivity index (χ1) is 9.31. The fraction of sp³-hybridized carbons (Fsp3) is 0.600. The van der Waals surface area contributed by atoms with Gasteiger partial charge in [0.1, 0.15) is 17.6 Å². The number of rotatable bonds is 5. The van der Waals surface area contributed by atoms with E-state index in [1.807, 2.05) is 18.2 Å². The van der Waals surface area contributed by atoms with Gasteiger partial charge in [0.15, 0.2) is 0 Å². The van der Waals surface area contributed by atoms with Crippen molar-refractivity contribution >= 4 is 5.69 Å². The predicted octanol–water partition coefficient (Wildman–Crippen LogP) is 2.62. The Bertz CT molecular complexity index is 425. The van der Waals surface area contributed by atoms with Crippen molar-refractivity contribution in [3.05, 3.63) is 18.2 Å². The summed E-state index contributed by atoms with van der Waals surface area (Å²) in [6, 6.07) is 5.68. The van der Waals surface area contributed by atoms with Gasteiger partial charge < -0.3 is 19.9 Å². The molecule has 3 rings (SSSR count). The molecule has 0 spiro atoms. The minimum absolute atomic E-state index is 0.244. The number of hydrogen-bond acceptors (Lipinski definition) is 4. The van der Waals surface area contributed by atoms with Crippen molar-refractivity contribution in [3.63, 3.8) is 0 Å². The van der Waals surface area contributed by atoms with E-state index in [4.69, 9.17) is 19.9 Å². The van der Waals surface area contributed by atoms with Gasteiger partial charge in [-0.2, -0.15) is 0 Å². The van der Waals surface area contributed by atoms with Crippen molar-refractivity contribution in [1.29, 1.82) is 0 Å². The summed E-state index contributed by atoms with van der Waals surface area (Å²) in [4.78, 5) is 0. The van der Waals surface area contributed by atoms with Gasteiger partial charge in [-0.25, -0.2) is 0 Å². The second-order valence-corrected chi connectivity index (χ2v) is 5.38. The van der Waals surface area contributed by atoms with Crippen molar-refractivity contribution < 1.29 is 14.2 Å². The monoisotopic (exact) mass is 263 g/mol. The molecule has 2 fully saturated rings. The van der Waals surface area contributed by atoms with Gasteiger partial charge >= 0.3 is 0 Å². The number of nitrogen functional groups attached to an aromatic ring is 1. The Morgan fingerprint density at radius 2 is 1.95 bits per heavy atom. The smallest absolute Gasteiger partial charge is 0.145 e. The standard InChI is InChI=1S/C15H21NO3/c16-14-4-3-13(19-12-5-7-17-8-6-12)9-15(14)18-10-11-1-2-11/h3-4,9,11-12H,1-2,5-8,10,16H2. The van der Waals surface area contributed by atoms with Crippen molar-refractivity contribution in [2.45, 2.75) is 31.8 Å². The zero-order valence-electron chi connectivity index (χ0n) is 11.1. The summed E-state index contributed by atoms with van der Waals surface area (Å²) in [7, 11) is 0. The maximum Gasteiger partial charge on any atom is 0.145 e. The largest absolute Gasteiger partial charge is 0.491 e. The summed E-state index contributed by atoms with van der Waals surface area (Å²) >= 11 is 0. The molecule has 4 heteroatoms. The van der Waals surface area contributed by atoms with E-state index in [1.54, 1.807) is 0 Å². The highest BCUT2D eigenvalue weighted by atomic mass is 16.5. The summed E-state index contributed by atoms with van der Waals surface area (Å²) in [5.74, 6) is 2.31. The Balaban J connectivity index is 1.61. The number of anilines is 1. The summed E-state index contributed by atoms with van der Waals surface area (Å²) < 4.78 is 17.0. The Labute approximate surface area is 113 Å².